The molecule has 6 nitrogen and oxygen atoms in total. The minimum atomic E-state index is -0.308. The molecule has 0 bridgehead atoms. The Morgan fingerprint density at radius 3 is 2.75 bits per heavy atom. The molecule has 1 fully saturated rings. The summed E-state index contributed by atoms with van der Waals surface area (Å²) in [6.07, 6.45) is 4.33. The monoisotopic (exact) mass is 378 g/mol. The fourth-order valence-corrected chi connectivity index (χ4v) is 3.55. The van der Waals surface area contributed by atoms with E-state index in [0.717, 1.165) is 11.1 Å². The summed E-state index contributed by atoms with van der Waals surface area (Å²) in [4.78, 5) is 17.2. The second kappa shape index (κ2) is 7.86. The molecule has 6 heteroatoms. The van der Waals surface area contributed by atoms with Gasteiger partial charge in [0.05, 0.1) is 25.5 Å². The van der Waals surface area contributed by atoms with Crippen molar-refractivity contribution in [2.24, 2.45) is 5.92 Å². The van der Waals surface area contributed by atoms with E-state index in [4.69, 9.17) is 9.15 Å². The Balaban J connectivity index is 1.56. The number of rotatable bonds is 6. The number of pyridine rings is 1. The number of benzene rings is 1. The number of aromatic nitrogens is 1. The second-order valence-electron chi connectivity index (χ2n) is 7.03. The van der Waals surface area contributed by atoms with Crippen LogP contribution in [0, 0.1) is 5.92 Å². The van der Waals surface area contributed by atoms with Gasteiger partial charge in [0.15, 0.2) is 0 Å². The fourth-order valence-electron chi connectivity index (χ4n) is 3.55. The quantitative estimate of drug-likeness (QED) is 0.685. The number of nitrogens with zero attached hydrogens (tertiary/aromatic N) is 1. The van der Waals surface area contributed by atoms with E-state index in [1.807, 2.05) is 36.4 Å². The molecule has 1 aromatic carbocycles. The summed E-state index contributed by atoms with van der Waals surface area (Å²) in [7, 11) is 1.57. The second-order valence-corrected chi connectivity index (χ2v) is 7.03. The molecule has 1 aliphatic rings. The van der Waals surface area contributed by atoms with Crippen LogP contribution in [0.1, 0.15) is 34.8 Å². The van der Waals surface area contributed by atoms with Crippen molar-refractivity contribution < 1.29 is 19.1 Å². The van der Waals surface area contributed by atoms with Crippen molar-refractivity contribution in [1.82, 2.24) is 10.3 Å². The summed E-state index contributed by atoms with van der Waals surface area (Å²) in [5.74, 6) is 1.24. The molecule has 4 rings (SSSR count). The van der Waals surface area contributed by atoms with E-state index in [-0.39, 0.29) is 24.0 Å². The number of carbonyl (C=O) groups excluding carboxylic acids is 1. The van der Waals surface area contributed by atoms with E-state index in [2.05, 4.69) is 10.3 Å². The third kappa shape index (κ3) is 3.77. The normalized spacial score (nSPS) is 19.5. The van der Waals surface area contributed by atoms with Crippen molar-refractivity contribution in [2.45, 2.75) is 25.0 Å². The maximum atomic E-state index is 13.0. The Bertz CT molecular complexity index is 931. The maximum Gasteiger partial charge on any atom is 0.251 e. The van der Waals surface area contributed by atoms with Gasteiger partial charge in [-0.2, -0.15) is 0 Å². The van der Waals surface area contributed by atoms with Gasteiger partial charge in [-0.25, -0.2) is 4.98 Å². The highest BCUT2D eigenvalue weighted by Gasteiger charge is 2.36. The lowest BCUT2D eigenvalue weighted by atomic mass is 9.75. The van der Waals surface area contributed by atoms with Gasteiger partial charge < -0.3 is 19.6 Å². The van der Waals surface area contributed by atoms with Gasteiger partial charge in [-0.1, -0.05) is 18.2 Å². The van der Waals surface area contributed by atoms with E-state index in [1.165, 1.54) is 0 Å². The minimum absolute atomic E-state index is 0.169. The average Bonchev–Trinajstić information content (AvgIpc) is 3.25. The van der Waals surface area contributed by atoms with E-state index >= 15 is 0 Å². The number of aliphatic hydroxyl groups excluding tert-OH is 1. The van der Waals surface area contributed by atoms with Crippen molar-refractivity contribution in [3.05, 3.63) is 72.1 Å². The maximum absolute atomic E-state index is 13.0. The van der Waals surface area contributed by atoms with Crippen molar-refractivity contribution in [2.75, 3.05) is 7.11 Å². The lowest BCUT2D eigenvalue weighted by Gasteiger charge is -2.38. The SMILES string of the molecule is COc1ccc([C@@H](NC(=O)c2cccc(-c3ccco3)c2)C2CC(O)C2)cn1. The molecular weight excluding hydrogens is 356 g/mol. The lowest BCUT2D eigenvalue weighted by molar-refractivity contribution is 0.0234. The zero-order chi connectivity index (χ0) is 19.5. The van der Waals surface area contributed by atoms with Gasteiger partial charge in [0.25, 0.3) is 5.91 Å². The first kappa shape index (κ1) is 18.3. The first-order valence-electron chi connectivity index (χ1n) is 9.27. The summed E-state index contributed by atoms with van der Waals surface area (Å²) >= 11 is 0. The van der Waals surface area contributed by atoms with E-state index in [9.17, 15) is 9.90 Å². The molecule has 28 heavy (non-hydrogen) atoms. The molecular formula is C22H22N2O4. The first-order chi connectivity index (χ1) is 13.6. The number of hydrogen-bond acceptors (Lipinski definition) is 5. The summed E-state index contributed by atoms with van der Waals surface area (Å²) in [5, 5.41) is 12.9. The number of amides is 1. The molecule has 0 radical (unpaired) electrons. The highest BCUT2D eigenvalue weighted by atomic mass is 16.5. The van der Waals surface area contributed by atoms with Crippen LogP contribution in [0.5, 0.6) is 5.88 Å². The fraction of sp³-hybridized carbons (Fsp3) is 0.273. The summed E-state index contributed by atoms with van der Waals surface area (Å²) in [6.45, 7) is 0. The number of hydrogen-bond donors (Lipinski definition) is 2. The van der Waals surface area contributed by atoms with Crippen LogP contribution in [0.4, 0.5) is 0 Å². The first-order valence-corrected chi connectivity index (χ1v) is 9.27. The molecule has 0 saturated heterocycles. The van der Waals surface area contributed by atoms with Crippen LogP contribution in [0.2, 0.25) is 0 Å². The van der Waals surface area contributed by atoms with Crippen molar-refractivity contribution in [1.29, 1.82) is 0 Å². The third-order valence-electron chi connectivity index (χ3n) is 5.17. The van der Waals surface area contributed by atoms with Crippen LogP contribution in [-0.2, 0) is 0 Å². The number of carbonyl (C=O) groups is 1. The lowest BCUT2D eigenvalue weighted by Crippen LogP contribution is -2.41. The van der Waals surface area contributed by atoms with Crippen molar-refractivity contribution in [3.63, 3.8) is 0 Å². The van der Waals surface area contributed by atoms with Gasteiger partial charge in [0.2, 0.25) is 5.88 Å². The molecule has 2 heterocycles. The van der Waals surface area contributed by atoms with Crippen LogP contribution < -0.4 is 10.1 Å². The Kier molecular flexibility index (Phi) is 5.12. The van der Waals surface area contributed by atoms with E-state index < -0.39 is 0 Å². The summed E-state index contributed by atoms with van der Waals surface area (Å²) in [6, 6.07) is 14.5. The molecule has 1 saturated carbocycles. The highest BCUT2D eigenvalue weighted by molar-refractivity contribution is 5.95. The topological polar surface area (TPSA) is 84.6 Å². The molecule has 0 aliphatic heterocycles. The highest BCUT2D eigenvalue weighted by Crippen LogP contribution is 2.38. The number of aliphatic hydroxyl groups is 1. The van der Waals surface area contributed by atoms with Gasteiger partial charge in [-0.05, 0) is 48.6 Å². The average molecular weight is 378 g/mol. The molecule has 2 aromatic heterocycles. The van der Waals surface area contributed by atoms with Crippen LogP contribution in [0.3, 0.4) is 0 Å². The molecule has 1 amide bonds. The molecule has 1 aliphatic carbocycles. The van der Waals surface area contributed by atoms with Crippen LogP contribution in [-0.4, -0.2) is 29.2 Å². The largest absolute Gasteiger partial charge is 0.481 e. The van der Waals surface area contributed by atoms with Gasteiger partial charge in [0, 0.05) is 23.4 Å². The molecule has 2 N–H and O–H groups in total. The zero-order valence-electron chi connectivity index (χ0n) is 15.5. The molecule has 0 unspecified atom stereocenters. The van der Waals surface area contributed by atoms with Crippen LogP contribution >= 0.6 is 0 Å². The van der Waals surface area contributed by atoms with Gasteiger partial charge in [0.1, 0.15) is 5.76 Å². The summed E-state index contributed by atoms with van der Waals surface area (Å²) < 4.78 is 10.5. The van der Waals surface area contributed by atoms with Crippen LogP contribution in [0.25, 0.3) is 11.3 Å². The van der Waals surface area contributed by atoms with Gasteiger partial charge in [-0.15, -0.1) is 0 Å². The van der Waals surface area contributed by atoms with Crippen molar-refractivity contribution >= 4 is 5.91 Å². The Labute approximate surface area is 163 Å². The predicted molar refractivity (Wildman–Crippen MR) is 104 cm³/mol. The zero-order valence-corrected chi connectivity index (χ0v) is 15.5. The molecule has 144 valence electrons. The van der Waals surface area contributed by atoms with Crippen LogP contribution in [0.15, 0.2) is 65.4 Å². The molecule has 1 atom stereocenters. The van der Waals surface area contributed by atoms with E-state index in [1.54, 1.807) is 31.7 Å². The predicted octanol–water partition coefficient (Wildman–Crippen LogP) is 3.59. The van der Waals surface area contributed by atoms with Crippen molar-refractivity contribution in [3.8, 4) is 17.2 Å². The standard InChI is InChI=1S/C22H22N2O4/c1-27-20-8-7-16(13-23-20)21(17-11-18(25)12-17)24-22(26)15-5-2-4-14(10-15)19-6-3-9-28-19/h2-10,13,17-18,21,25H,11-12H2,1H3,(H,24,26)/t17?,18?,21-/m1/s1. The summed E-state index contributed by atoms with van der Waals surface area (Å²) in [5.41, 5.74) is 2.30. The Morgan fingerprint density at radius 2 is 2.11 bits per heavy atom. The molecule has 0 spiro atoms. The van der Waals surface area contributed by atoms with Gasteiger partial charge >= 0.3 is 0 Å². The number of furan rings is 1. The number of ether oxygens (including phenoxy) is 1. The Hall–Kier alpha value is -3.12. The third-order valence-corrected chi connectivity index (χ3v) is 5.17. The molecule has 3 aromatic rings. The number of methoxy groups -OCH3 is 1. The smallest absolute Gasteiger partial charge is 0.251 e. The minimum Gasteiger partial charge on any atom is -0.481 e. The van der Waals surface area contributed by atoms with Gasteiger partial charge in [-0.3, -0.25) is 4.79 Å². The Morgan fingerprint density at radius 1 is 1.25 bits per heavy atom. The van der Waals surface area contributed by atoms with E-state index in [0.29, 0.717) is 30.0 Å². The number of nitrogens with one attached hydrogen (secondary N) is 1.